The molecule has 1 aromatic rings. The Morgan fingerprint density at radius 3 is 2.54 bits per heavy atom. The molecule has 4 heteroatoms. The Labute approximate surface area is 77.0 Å². The molecule has 0 aliphatic carbocycles. The summed E-state index contributed by atoms with van der Waals surface area (Å²) in [5.41, 5.74) is -0.356. The van der Waals surface area contributed by atoms with Crippen LogP contribution in [0.5, 0.6) is 5.88 Å². The van der Waals surface area contributed by atoms with Crippen molar-refractivity contribution in [2.75, 3.05) is 7.11 Å². The highest BCUT2D eigenvalue weighted by Gasteiger charge is 2.17. The number of aromatic nitrogens is 2. The minimum absolute atomic E-state index is 0.173. The number of nitrogens with zero attached hydrogens (tertiary/aromatic N) is 1. The molecule has 0 radical (unpaired) electrons. The van der Waals surface area contributed by atoms with Crippen LogP contribution < -0.4 is 10.3 Å². The van der Waals surface area contributed by atoms with E-state index in [1.165, 1.54) is 13.2 Å². The largest absolute Gasteiger partial charge is 0.481 e. The van der Waals surface area contributed by atoms with Crippen molar-refractivity contribution in [3.8, 4) is 5.88 Å². The van der Waals surface area contributed by atoms with Crippen molar-refractivity contribution in [1.29, 1.82) is 0 Å². The van der Waals surface area contributed by atoms with Gasteiger partial charge in [0, 0.05) is 5.41 Å². The van der Waals surface area contributed by atoms with Crippen LogP contribution in [-0.2, 0) is 5.41 Å². The second kappa shape index (κ2) is 3.20. The van der Waals surface area contributed by atoms with Gasteiger partial charge in [0.1, 0.15) is 5.82 Å². The third kappa shape index (κ3) is 2.31. The van der Waals surface area contributed by atoms with Crippen LogP contribution in [0.25, 0.3) is 0 Å². The van der Waals surface area contributed by atoms with Gasteiger partial charge >= 0.3 is 0 Å². The van der Waals surface area contributed by atoms with Crippen molar-refractivity contribution in [2.45, 2.75) is 26.2 Å². The molecule has 4 nitrogen and oxygen atoms in total. The van der Waals surface area contributed by atoms with E-state index < -0.39 is 0 Å². The van der Waals surface area contributed by atoms with Crippen LogP contribution in [0, 0.1) is 0 Å². The third-order valence-corrected chi connectivity index (χ3v) is 1.64. The van der Waals surface area contributed by atoms with Gasteiger partial charge in [-0.25, -0.2) is 0 Å². The molecule has 0 bridgehead atoms. The summed E-state index contributed by atoms with van der Waals surface area (Å²) in [6, 6.07) is 1.33. The number of H-pyrrole nitrogens is 1. The van der Waals surface area contributed by atoms with Crippen molar-refractivity contribution >= 4 is 0 Å². The summed E-state index contributed by atoms with van der Waals surface area (Å²) < 4.78 is 4.90. The fraction of sp³-hybridized carbons (Fsp3) is 0.556. The number of methoxy groups -OCH3 is 1. The van der Waals surface area contributed by atoms with Gasteiger partial charge in [0.2, 0.25) is 5.88 Å². The number of ether oxygens (including phenoxy) is 1. The molecule has 0 fully saturated rings. The lowest BCUT2D eigenvalue weighted by atomic mass is 9.96. The topological polar surface area (TPSA) is 55.0 Å². The first-order chi connectivity index (χ1) is 5.93. The third-order valence-electron chi connectivity index (χ3n) is 1.64. The normalized spacial score (nSPS) is 11.4. The molecular formula is C9H14N2O2. The lowest BCUT2D eigenvalue weighted by molar-refractivity contribution is 0.387. The SMILES string of the molecule is COc1cc(=O)[nH]c(C(C)(C)C)n1. The summed E-state index contributed by atoms with van der Waals surface area (Å²) in [4.78, 5) is 18.0. The molecule has 1 rings (SSSR count). The fourth-order valence-corrected chi connectivity index (χ4v) is 0.895. The summed E-state index contributed by atoms with van der Waals surface area (Å²) in [6.07, 6.45) is 0. The molecule has 1 aromatic heterocycles. The van der Waals surface area contributed by atoms with Gasteiger partial charge in [-0.15, -0.1) is 0 Å². The van der Waals surface area contributed by atoms with Gasteiger partial charge in [0.15, 0.2) is 0 Å². The predicted octanol–water partition coefficient (Wildman–Crippen LogP) is 1.08. The van der Waals surface area contributed by atoms with Gasteiger partial charge in [0.25, 0.3) is 5.56 Å². The Hall–Kier alpha value is -1.32. The number of hydrogen-bond donors (Lipinski definition) is 1. The summed E-state index contributed by atoms with van der Waals surface area (Å²) in [7, 11) is 1.49. The highest BCUT2D eigenvalue weighted by molar-refractivity contribution is 5.12. The van der Waals surface area contributed by atoms with E-state index in [9.17, 15) is 4.79 Å². The average Bonchev–Trinajstić information content (AvgIpc) is 2.01. The molecule has 0 aliphatic heterocycles. The van der Waals surface area contributed by atoms with E-state index in [0.29, 0.717) is 11.7 Å². The predicted molar refractivity (Wildman–Crippen MR) is 50.1 cm³/mol. The van der Waals surface area contributed by atoms with Crippen LogP contribution >= 0.6 is 0 Å². The average molecular weight is 182 g/mol. The summed E-state index contributed by atoms with van der Waals surface area (Å²) in [5, 5.41) is 0. The molecular weight excluding hydrogens is 168 g/mol. The van der Waals surface area contributed by atoms with Gasteiger partial charge in [-0.05, 0) is 0 Å². The maximum atomic E-state index is 11.1. The van der Waals surface area contributed by atoms with Gasteiger partial charge in [-0.2, -0.15) is 4.98 Å². The van der Waals surface area contributed by atoms with Crippen molar-refractivity contribution in [3.63, 3.8) is 0 Å². The van der Waals surface area contributed by atoms with Crippen LogP contribution in [0.15, 0.2) is 10.9 Å². The lowest BCUT2D eigenvalue weighted by Crippen LogP contribution is -2.21. The minimum Gasteiger partial charge on any atom is -0.481 e. The maximum absolute atomic E-state index is 11.1. The number of aromatic amines is 1. The zero-order chi connectivity index (χ0) is 10.1. The second-order valence-corrected chi connectivity index (χ2v) is 3.89. The highest BCUT2D eigenvalue weighted by atomic mass is 16.5. The van der Waals surface area contributed by atoms with E-state index >= 15 is 0 Å². The monoisotopic (exact) mass is 182 g/mol. The Morgan fingerprint density at radius 2 is 2.08 bits per heavy atom. The molecule has 1 N–H and O–H groups in total. The van der Waals surface area contributed by atoms with Crippen molar-refractivity contribution in [3.05, 3.63) is 22.2 Å². The van der Waals surface area contributed by atoms with E-state index in [2.05, 4.69) is 9.97 Å². The molecule has 72 valence electrons. The molecule has 0 aliphatic rings. The van der Waals surface area contributed by atoms with Gasteiger partial charge < -0.3 is 9.72 Å². The minimum atomic E-state index is -0.184. The first-order valence-electron chi connectivity index (χ1n) is 4.09. The van der Waals surface area contributed by atoms with Crippen molar-refractivity contribution in [2.24, 2.45) is 0 Å². The molecule has 13 heavy (non-hydrogen) atoms. The first kappa shape index (κ1) is 9.77. The standard InChI is InChI=1S/C9H14N2O2/c1-9(2,3)8-10-6(12)5-7(11-8)13-4/h5H,1-4H3,(H,10,11,12). The van der Waals surface area contributed by atoms with Gasteiger partial charge in [0.05, 0.1) is 13.2 Å². The van der Waals surface area contributed by atoms with E-state index in [1.807, 2.05) is 20.8 Å². The molecule has 0 unspecified atom stereocenters. The first-order valence-corrected chi connectivity index (χ1v) is 4.09. The van der Waals surface area contributed by atoms with E-state index in [0.717, 1.165) is 0 Å². The fourth-order valence-electron chi connectivity index (χ4n) is 0.895. The summed E-state index contributed by atoms with van der Waals surface area (Å²) in [6.45, 7) is 5.93. The van der Waals surface area contributed by atoms with Crippen LogP contribution in [-0.4, -0.2) is 17.1 Å². The highest BCUT2D eigenvalue weighted by Crippen LogP contribution is 2.17. The van der Waals surface area contributed by atoms with Crippen LogP contribution in [0.1, 0.15) is 26.6 Å². The van der Waals surface area contributed by atoms with Crippen molar-refractivity contribution in [1.82, 2.24) is 9.97 Å². The van der Waals surface area contributed by atoms with E-state index in [-0.39, 0.29) is 11.0 Å². The van der Waals surface area contributed by atoms with Crippen LogP contribution in [0.4, 0.5) is 0 Å². The lowest BCUT2D eigenvalue weighted by Gasteiger charge is -2.16. The molecule has 0 saturated carbocycles. The molecule has 0 atom stereocenters. The van der Waals surface area contributed by atoms with Crippen LogP contribution in [0.3, 0.4) is 0 Å². The Balaban J connectivity index is 3.24. The van der Waals surface area contributed by atoms with Gasteiger partial charge in [-0.3, -0.25) is 4.79 Å². The van der Waals surface area contributed by atoms with Crippen LogP contribution in [0.2, 0.25) is 0 Å². The Morgan fingerprint density at radius 1 is 1.46 bits per heavy atom. The molecule has 1 heterocycles. The Bertz CT molecular complexity index is 349. The quantitative estimate of drug-likeness (QED) is 0.707. The number of nitrogens with one attached hydrogen (secondary N) is 1. The zero-order valence-electron chi connectivity index (χ0n) is 8.34. The number of hydrogen-bond acceptors (Lipinski definition) is 3. The van der Waals surface area contributed by atoms with Gasteiger partial charge in [-0.1, -0.05) is 20.8 Å². The Kier molecular flexibility index (Phi) is 2.40. The molecule has 0 aromatic carbocycles. The smallest absolute Gasteiger partial charge is 0.254 e. The van der Waals surface area contributed by atoms with E-state index in [1.54, 1.807) is 0 Å². The number of rotatable bonds is 1. The molecule has 0 amide bonds. The zero-order valence-corrected chi connectivity index (χ0v) is 8.34. The van der Waals surface area contributed by atoms with E-state index in [4.69, 9.17) is 4.74 Å². The van der Waals surface area contributed by atoms with Crippen molar-refractivity contribution < 1.29 is 4.74 Å². The summed E-state index contributed by atoms with van der Waals surface area (Å²) in [5.74, 6) is 0.991. The second-order valence-electron chi connectivity index (χ2n) is 3.89. The summed E-state index contributed by atoms with van der Waals surface area (Å²) >= 11 is 0. The maximum Gasteiger partial charge on any atom is 0.254 e. The molecule has 0 spiro atoms. The molecule has 0 saturated heterocycles.